The Labute approximate surface area is 211 Å². The summed E-state index contributed by atoms with van der Waals surface area (Å²) in [5.74, 6) is -0.734. The molecule has 3 aromatic carbocycles. The van der Waals surface area contributed by atoms with Crippen LogP contribution in [0.4, 0.5) is 5.69 Å². The predicted octanol–water partition coefficient (Wildman–Crippen LogP) is 5.72. The molecule has 2 unspecified atom stereocenters. The van der Waals surface area contributed by atoms with E-state index < -0.39 is 11.5 Å². The minimum atomic E-state index is -0.544. The Morgan fingerprint density at radius 2 is 1.57 bits per heavy atom. The molecule has 1 aromatic heterocycles. The van der Waals surface area contributed by atoms with E-state index in [0.29, 0.717) is 17.5 Å². The summed E-state index contributed by atoms with van der Waals surface area (Å²) in [6.07, 6.45) is 0. The topological polar surface area (TPSA) is 78.1 Å². The van der Waals surface area contributed by atoms with Crippen molar-refractivity contribution in [2.24, 2.45) is 11.0 Å². The van der Waals surface area contributed by atoms with E-state index in [1.807, 2.05) is 87.7 Å². The van der Waals surface area contributed by atoms with E-state index >= 15 is 0 Å². The summed E-state index contributed by atoms with van der Waals surface area (Å²) in [7, 11) is 3.96. The molecule has 2 N–H and O–H groups in total. The van der Waals surface area contributed by atoms with Gasteiger partial charge in [0.1, 0.15) is 11.3 Å². The van der Waals surface area contributed by atoms with Gasteiger partial charge in [0.15, 0.2) is 0 Å². The maximum atomic E-state index is 13.3. The number of aromatic hydroxyl groups is 1. The van der Waals surface area contributed by atoms with Crippen molar-refractivity contribution in [3.05, 3.63) is 106 Å². The molecule has 2 atom stereocenters. The van der Waals surface area contributed by atoms with Gasteiger partial charge in [-0.3, -0.25) is 5.43 Å². The molecule has 0 aliphatic heterocycles. The average Bonchev–Trinajstić information content (AvgIpc) is 2.85. The Balaban J connectivity index is 0.00000342. The van der Waals surface area contributed by atoms with Crippen LogP contribution in [0.25, 0.3) is 11.0 Å². The zero-order valence-electron chi connectivity index (χ0n) is 20.0. The molecule has 0 aliphatic rings. The fourth-order valence-electron chi connectivity index (χ4n) is 4.30. The van der Waals surface area contributed by atoms with Gasteiger partial charge in [-0.05, 0) is 50.8 Å². The third-order valence-corrected chi connectivity index (χ3v) is 5.93. The van der Waals surface area contributed by atoms with Gasteiger partial charge in [-0.1, -0.05) is 60.7 Å². The minimum Gasteiger partial charge on any atom is -0.507 e. The molecular weight excluding hydrogens is 462 g/mol. The van der Waals surface area contributed by atoms with Gasteiger partial charge in [0.25, 0.3) is 0 Å². The largest absolute Gasteiger partial charge is 0.507 e. The van der Waals surface area contributed by atoms with Gasteiger partial charge >= 0.3 is 5.63 Å². The van der Waals surface area contributed by atoms with Crippen LogP contribution in [0.3, 0.4) is 0 Å². The molecule has 0 radical (unpaired) electrons. The van der Waals surface area contributed by atoms with Crippen LogP contribution in [-0.4, -0.2) is 36.4 Å². The highest BCUT2D eigenvalue weighted by atomic mass is 35.5. The average molecular weight is 492 g/mol. The van der Waals surface area contributed by atoms with Crippen molar-refractivity contribution < 1.29 is 9.52 Å². The number of benzene rings is 3. The highest BCUT2D eigenvalue weighted by Crippen LogP contribution is 2.39. The molecule has 0 amide bonds. The molecule has 6 nitrogen and oxygen atoms in total. The molecule has 0 saturated carbocycles. The number of nitrogens with one attached hydrogen (secondary N) is 1. The number of para-hydroxylation sites is 2. The van der Waals surface area contributed by atoms with Gasteiger partial charge in [-0.25, -0.2) is 4.79 Å². The molecule has 0 spiro atoms. The van der Waals surface area contributed by atoms with Crippen LogP contribution in [0.1, 0.15) is 24.0 Å². The summed E-state index contributed by atoms with van der Waals surface area (Å²) in [5, 5.41) is 16.5. The summed E-state index contributed by atoms with van der Waals surface area (Å²) in [6, 6.07) is 26.5. The molecule has 0 saturated heterocycles. The maximum Gasteiger partial charge on any atom is 0.343 e. The molecule has 1 heterocycles. The van der Waals surface area contributed by atoms with E-state index in [-0.39, 0.29) is 29.6 Å². The van der Waals surface area contributed by atoms with Crippen LogP contribution < -0.4 is 11.1 Å². The third kappa shape index (κ3) is 5.91. The first-order valence-electron chi connectivity index (χ1n) is 11.3. The number of hydrazone groups is 1. The number of rotatable bonds is 8. The first-order chi connectivity index (χ1) is 16.5. The third-order valence-electron chi connectivity index (χ3n) is 5.93. The molecule has 4 rings (SSSR count). The van der Waals surface area contributed by atoms with Gasteiger partial charge in [0.05, 0.1) is 16.6 Å². The lowest BCUT2D eigenvalue weighted by Gasteiger charge is -2.30. The first-order valence-corrected chi connectivity index (χ1v) is 11.3. The van der Waals surface area contributed by atoms with E-state index in [1.54, 1.807) is 18.2 Å². The van der Waals surface area contributed by atoms with Crippen molar-refractivity contribution in [1.29, 1.82) is 0 Å². The van der Waals surface area contributed by atoms with Gasteiger partial charge in [-0.15, -0.1) is 12.4 Å². The van der Waals surface area contributed by atoms with Crippen molar-refractivity contribution in [3.8, 4) is 5.75 Å². The number of anilines is 1. The highest BCUT2D eigenvalue weighted by molar-refractivity contribution is 5.88. The van der Waals surface area contributed by atoms with Gasteiger partial charge in [0, 0.05) is 24.1 Å². The van der Waals surface area contributed by atoms with Gasteiger partial charge in [-0.2, -0.15) is 5.10 Å². The lowest BCUT2D eigenvalue weighted by atomic mass is 9.78. The SMILES string of the molecule is C/C(=N\Nc1ccccc1)C(CN(C)C)C(c1ccccc1)c1c(O)c2ccccc2oc1=O.Cl. The zero-order chi connectivity index (χ0) is 24.1. The molecular formula is C28H30ClN3O3. The molecule has 0 bridgehead atoms. The second-order valence-electron chi connectivity index (χ2n) is 8.64. The van der Waals surface area contributed by atoms with Crippen molar-refractivity contribution in [1.82, 2.24) is 4.90 Å². The number of fused-ring (bicyclic) bond motifs is 1. The highest BCUT2D eigenvalue weighted by Gasteiger charge is 2.33. The summed E-state index contributed by atoms with van der Waals surface area (Å²) >= 11 is 0. The van der Waals surface area contributed by atoms with Crippen LogP contribution in [0.2, 0.25) is 0 Å². The molecule has 0 aliphatic carbocycles. The Kier molecular flexibility index (Phi) is 8.68. The maximum absolute atomic E-state index is 13.3. The van der Waals surface area contributed by atoms with Crippen LogP contribution in [-0.2, 0) is 0 Å². The van der Waals surface area contributed by atoms with E-state index in [0.717, 1.165) is 17.0 Å². The Morgan fingerprint density at radius 1 is 0.971 bits per heavy atom. The van der Waals surface area contributed by atoms with Crippen LogP contribution >= 0.6 is 12.4 Å². The standard InChI is InChI=1S/C28H29N3O3.ClH/c1-19(29-30-21-14-8-5-9-15-21)23(18-31(2)3)25(20-12-6-4-7-13-20)26-27(32)22-16-10-11-17-24(22)34-28(26)33;/h4-17,23,25,30,32H,18H2,1-3H3;1H/b29-19+;. The van der Waals surface area contributed by atoms with Crippen molar-refractivity contribution in [3.63, 3.8) is 0 Å². The number of hydrogen-bond donors (Lipinski definition) is 2. The number of nitrogens with zero attached hydrogens (tertiary/aromatic N) is 2. The molecule has 35 heavy (non-hydrogen) atoms. The smallest absolute Gasteiger partial charge is 0.343 e. The lowest BCUT2D eigenvalue weighted by Crippen LogP contribution is -2.34. The number of halogens is 1. The predicted molar refractivity (Wildman–Crippen MR) is 145 cm³/mol. The van der Waals surface area contributed by atoms with Crippen molar-refractivity contribution >= 4 is 34.8 Å². The van der Waals surface area contributed by atoms with E-state index in [1.165, 1.54) is 0 Å². The monoisotopic (exact) mass is 491 g/mol. The van der Waals surface area contributed by atoms with Crippen LogP contribution in [0.5, 0.6) is 5.75 Å². The minimum absolute atomic E-state index is 0. The van der Waals surface area contributed by atoms with E-state index in [9.17, 15) is 9.90 Å². The lowest BCUT2D eigenvalue weighted by molar-refractivity contribution is 0.346. The number of hydrogen-bond acceptors (Lipinski definition) is 6. The second kappa shape index (κ2) is 11.7. The first kappa shape index (κ1) is 26.0. The summed E-state index contributed by atoms with van der Waals surface area (Å²) in [6.45, 7) is 2.55. The zero-order valence-corrected chi connectivity index (χ0v) is 20.8. The molecule has 7 heteroatoms. The quantitative estimate of drug-likeness (QED) is 0.187. The van der Waals surface area contributed by atoms with Crippen molar-refractivity contribution in [2.75, 3.05) is 26.1 Å². The molecule has 4 aromatic rings. The Morgan fingerprint density at radius 3 is 2.23 bits per heavy atom. The molecule has 182 valence electrons. The van der Waals surface area contributed by atoms with Crippen LogP contribution in [0.15, 0.2) is 99.2 Å². The Hall–Kier alpha value is -3.61. The van der Waals surface area contributed by atoms with Crippen molar-refractivity contribution in [2.45, 2.75) is 12.8 Å². The fraction of sp³-hybridized carbons (Fsp3) is 0.214. The normalized spacial score (nSPS) is 13.3. The Bertz CT molecular complexity index is 1340. The summed E-state index contributed by atoms with van der Waals surface area (Å²) in [4.78, 5) is 15.3. The molecule has 0 fully saturated rings. The van der Waals surface area contributed by atoms with Crippen LogP contribution in [0, 0.1) is 5.92 Å². The second-order valence-corrected chi connectivity index (χ2v) is 8.64. The van der Waals surface area contributed by atoms with Gasteiger partial charge in [0.2, 0.25) is 0 Å². The van der Waals surface area contributed by atoms with E-state index in [2.05, 4.69) is 15.4 Å². The fourth-order valence-corrected chi connectivity index (χ4v) is 4.30. The summed E-state index contributed by atoms with van der Waals surface area (Å²) in [5.41, 5.74) is 5.76. The van der Waals surface area contributed by atoms with E-state index in [4.69, 9.17) is 4.42 Å². The summed E-state index contributed by atoms with van der Waals surface area (Å²) < 4.78 is 5.66. The van der Waals surface area contributed by atoms with Gasteiger partial charge < -0.3 is 14.4 Å².